The van der Waals surface area contributed by atoms with E-state index in [0.717, 1.165) is 22.4 Å². The second-order valence-corrected chi connectivity index (χ2v) is 4.70. The zero-order chi connectivity index (χ0) is 11.5. The van der Waals surface area contributed by atoms with Gasteiger partial charge in [0.1, 0.15) is 12.1 Å². The molecule has 16 heavy (non-hydrogen) atoms. The Bertz CT molecular complexity index is 463. The van der Waals surface area contributed by atoms with E-state index in [1.165, 1.54) is 11.8 Å². The van der Waals surface area contributed by atoms with Crippen LogP contribution in [0.4, 0.5) is 0 Å². The Hall–Kier alpha value is -1.27. The fraction of sp³-hybridized carbons (Fsp3) is 0.400. The topological polar surface area (TPSA) is 69.9 Å². The van der Waals surface area contributed by atoms with Crippen LogP contribution in [-0.4, -0.2) is 20.8 Å². The number of nitrogens with zero attached hydrogens (tertiary/aromatic N) is 3. The van der Waals surface area contributed by atoms with Gasteiger partial charge in [0, 0.05) is 19.5 Å². The van der Waals surface area contributed by atoms with Crippen molar-refractivity contribution in [3.05, 3.63) is 24.2 Å². The van der Waals surface area contributed by atoms with Crippen LogP contribution in [0.25, 0.3) is 0 Å². The molecule has 0 aliphatic heterocycles. The van der Waals surface area contributed by atoms with E-state index in [2.05, 4.69) is 10.2 Å². The highest BCUT2D eigenvalue weighted by Crippen LogP contribution is 2.27. The zero-order valence-electron chi connectivity index (χ0n) is 9.25. The van der Waals surface area contributed by atoms with Crippen molar-refractivity contribution in [1.82, 2.24) is 14.8 Å². The van der Waals surface area contributed by atoms with Crippen LogP contribution in [0.3, 0.4) is 0 Å². The molecule has 0 aliphatic carbocycles. The number of hydrogen-bond acceptors (Lipinski definition) is 5. The van der Waals surface area contributed by atoms with Gasteiger partial charge in [0.25, 0.3) is 0 Å². The second kappa shape index (κ2) is 4.71. The lowest BCUT2D eigenvalue weighted by Crippen LogP contribution is -2.17. The van der Waals surface area contributed by atoms with E-state index >= 15 is 0 Å². The maximum Gasteiger partial charge on any atom is 0.198 e. The fourth-order valence-corrected chi connectivity index (χ4v) is 2.04. The summed E-state index contributed by atoms with van der Waals surface area (Å²) in [5.74, 6) is 0.902. The van der Waals surface area contributed by atoms with Crippen LogP contribution in [0.1, 0.15) is 12.7 Å². The standard InChI is InChI=1S/C10H14N4OS/c1-7(11)5-8-3-4-9(15-8)16-10-13-12-6-14(10)2/h3-4,6-7H,5,11H2,1-2H3. The van der Waals surface area contributed by atoms with Crippen LogP contribution in [0.2, 0.25) is 0 Å². The Morgan fingerprint density at radius 3 is 3.00 bits per heavy atom. The monoisotopic (exact) mass is 238 g/mol. The molecule has 2 N–H and O–H groups in total. The summed E-state index contributed by atoms with van der Waals surface area (Å²) >= 11 is 1.45. The first kappa shape index (κ1) is 11.2. The highest BCUT2D eigenvalue weighted by Gasteiger charge is 2.09. The molecule has 5 nitrogen and oxygen atoms in total. The van der Waals surface area contributed by atoms with E-state index in [1.807, 2.05) is 30.7 Å². The van der Waals surface area contributed by atoms with Gasteiger partial charge in [-0.1, -0.05) is 0 Å². The van der Waals surface area contributed by atoms with E-state index in [-0.39, 0.29) is 6.04 Å². The molecule has 1 atom stereocenters. The molecule has 0 saturated carbocycles. The summed E-state index contributed by atoms with van der Waals surface area (Å²) in [6.45, 7) is 1.96. The van der Waals surface area contributed by atoms with E-state index in [4.69, 9.17) is 10.2 Å². The van der Waals surface area contributed by atoms with Gasteiger partial charge in [-0.15, -0.1) is 10.2 Å². The first-order valence-corrected chi connectivity index (χ1v) is 5.83. The molecular weight excluding hydrogens is 224 g/mol. The van der Waals surface area contributed by atoms with E-state index in [1.54, 1.807) is 6.33 Å². The summed E-state index contributed by atoms with van der Waals surface area (Å²) < 4.78 is 7.47. The third kappa shape index (κ3) is 2.65. The SMILES string of the molecule is CC(N)Cc1ccc(Sc2nncn2C)o1. The number of aromatic nitrogens is 3. The van der Waals surface area contributed by atoms with E-state index in [0.29, 0.717) is 0 Å². The van der Waals surface area contributed by atoms with Gasteiger partial charge in [-0.2, -0.15) is 0 Å². The van der Waals surface area contributed by atoms with Crippen molar-refractivity contribution in [3.8, 4) is 0 Å². The van der Waals surface area contributed by atoms with Crippen molar-refractivity contribution in [2.24, 2.45) is 12.8 Å². The summed E-state index contributed by atoms with van der Waals surface area (Å²) in [7, 11) is 1.90. The quantitative estimate of drug-likeness (QED) is 0.873. The summed E-state index contributed by atoms with van der Waals surface area (Å²) in [6, 6.07) is 3.98. The van der Waals surface area contributed by atoms with Crippen LogP contribution in [0.15, 0.2) is 33.1 Å². The Morgan fingerprint density at radius 1 is 1.56 bits per heavy atom. The predicted octanol–water partition coefficient (Wildman–Crippen LogP) is 1.45. The second-order valence-electron chi connectivity index (χ2n) is 3.73. The van der Waals surface area contributed by atoms with Gasteiger partial charge in [0.2, 0.25) is 0 Å². The Balaban J connectivity index is 2.05. The van der Waals surface area contributed by atoms with Gasteiger partial charge in [0.05, 0.1) is 0 Å². The molecule has 2 aromatic rings. The number of rotatable bonds is 4. The van der Waals surface area contributed by atoms with Crippen LogP contribution < -0.4 is 5.73 Å². The van der Waals surface area contributed by atoms with Crippen LogP contribution >= 0.6 is 11.8 Å². The van der Waals surface area contributed by atoms with Gasteiger partial charge < -0.3 is 14.7 Å². The van der Waals surface area contributed by atoms with Crippen LogP contribution in [0, 0.1) is 0 Å². The lowest BCUT2D eigenvalue weighted by Gasteiger charge is -2.00. The molecule has 0 radical (unpaired) electrons. The third-order valence-electron chi connectivity index (χ3n) is 2.02. The number of hydrogen-bond donors (Lipinski definition) is 1. The predicted molar refractivity (Wildman–Crippen MR) is 61.2 cm³/mol. The lowest BCUT2D eigenvalue weighted by atomic mass is 10.2. The Morgan fingerprint density at radius 2 is 2.38 bits per heavy atom. The maximum absolute atomic E-state index is 5.70. The van der Waals surface area contributed by atoms with Gasteiger partial charge >= 0.3 is 0 Å². The normalized spacial score (nSPS) is 12.9. The summed E-state index contributed by atoms with van der Waals surface area (Å²) in [5.41, 5.74) is 5.70. The maximum atomic E-state index is 5.70. The van der Waals surface area contributed by atoms with Crippen molar-refractivity contribution in [2.75, 3.05) is 0 Å². The molecule has 2 heterocycles. The van der Waals surface area contributed by atoms with Gasteiger partial charge in [-0.25, -0.2) is 0 Å². The van der Waals surface area contributed by atoms with Gasteiger partial charge in [0.15, 0.2) is 10.2 Å². The molecule has 86 valence electrons. The average molecular weight is 238 g/mol. The number of furan rings is 1. The van der Waals surface area contributed by atoms with Crippen molar-refractivity contribution in [1.29, 1.82) is 0 Å². The molecule has 0 amide bonds. The van der Waals surface area contributed by atoms with Crippen molar-refractivity contribution < 1.29 is 4.42 Å². The molecule has 2 aromatic heterocycles. The number of aryl methyl sites for hydroxylation is 1. The minimum absolute atomic E-state index is 0.110. The summed E-state index contributed by atoms with van der Waals surface area (Å²) in [4.78, 5) is 0. The minimum Gasteiger partial charge on any atom is -0.454 e. The molecule has 1 unspecified atom stereocenters. The molecule has 0 spiro atoms. The average Bonchev–Trinajstić information content (AvgIpc) is 2.77. The van der Waals surface area contributed by atoms with E-state index < -0.39 is 0 Å². The molecule has 6 heteroatoms. The van der Waals surface area contributed by atoms with Gasteiger partial charge in [-0.3, -0.25) is 0 Å². The molecule has 2 rings (SSSR count). The highest BCUT2D eigenvalue weighted by atomic mass is 32.2. The first-order valence-electron chi connectivity index (χ1n) is 5.01. The molecule has 0 bridgehead atoms. The summed E-state index contributed by atoms with van der Waals surface area (Å²) in [5, 5.41) is 9.39. The summed E-state index contributed by atoms with van der Waals surface area (Å²) in [6.07, 6.45) is 2.41. The molecule has 0 aliphatic rings. The first-order chi connectivity index (χ1) is 7.65. The highest BCUT2D eigenvalue weighted by molar-refractivity contribution is 7.99. The molecule has 0 fully saturated rings. The molecular formula is C10H14N4OS. The molecule has 0 aromatic carbocycles. The van der Waals surface area contributed by atoms with Crippen molar-refractivity contribution in [2.45, 2.75) is 29.6 Å². The Labute approximate surface area is 98.0 Å². The van der Waals surface area contributed by atoms with Crippen LogP contribution in [0.5, 0.6) is 0 Å². The lowest BCUT2D eigenvalue weighted by molar-refractivity contribution is 0.421. The van der Waals surface area contributed by atoms with Crippen molar-refractivity contribution >= 4 is 11.8 Å². The van der Waals surface area contributed by atoms with Gasteiger partial charge in [-0.05, 0) is 30.8 Å². The zero-order valence-corrected chi connectivity index (χ0v) is 10.1. The van der Waals surface area contributed by atoms with Crippen molar-refractivity contribution in [3.63, 3.8) is 0 Å². The third-order valence-corrected chi connectivity index (χ3v) is 2.99. The minimum atomic E-state index is 0.110. The smallest absolute Gasteiger partial charge is 0.198 e. The largest absolute Gasteiger partial charge is 0.454 e. The van der Waals surface area contributed by atoms with E-state index in [9.17, 15) is 0 Å². The number of nitrogens with two attached hydrogens (primary N) is 1. The van der Waals surface area contributed by atoms with Crippen LogP contribution in [-0.2, 0) is 13.5 Å². The molecule has 0 saturated heterocycles. The Kier molecular flexibility index (Phi) is 3.31. The fourth-order valence-electron chi connectivity index (χ4n) is 1.30.